The summed E-state index contributed by atoms with van der Waals surface area (Å²) in [5.74, 6) is 0. The van der Waals surface area contributed by atoms with Gasteiger partial charge in [-0.2, -0.15) is 0 Å². The van der Waals surface area contributed by atoms with Crippen LogP contribution in [-0.2, 0) is 11.3 Å². The molecule has 0 aromatic heterocycles. The Morgan fingerprint density at radius 2 is 1.50 bits per heavy atom. The van der Waals surface area contributed by atoms with Gasteiger partial charge in [0.2, 0.25) is 0 Å². The second-order valence-corrected chi connectivity index (χ2v) is 6.97. The molecule has 1 fully saturated rings. The molecule has 2 aromatic carbocycles. The second-order valence-electron chi connectivity index (χ2n) is 6.97. The second kappa shape index (κ2) is 6.46. The molecule has 1 saturated heterocycles. The molecule has 0 aliphatic carbocycles. The average molecular weight is 324 g/mol. The van der Waals surface area contributed by atoms with Crippen LogP contribution < -0.4 is 9.80 Å². The molecule has 2 aromatic rings. The number of fused-ring (bicyclic) bond motifs is 1. The maximum absolute atomic E-state index is 9.74. The Bertz CT molecular complexity index is 680. The van der Waals surface area contributed by atoms with Gasteiger partial charge in [0.1, 0.15) is 0 Å². The van der Waals surface area contributed by atoms with E-state index >= 15 is 0 Å². The van der Waals surface area contributed by atoms with E-state index in [2.05, 4.69) is 64.4 Å². The number of anilines is 2. The van der Waals surface area contributed by atoms with E-state index in [-0.39, 0.29) is 12.0 Å². The lowest BCUT2D eigenvalue weighted by atomic mass is 9.86. The van der Waals surface area contributed by atoms with E-state index in [4.69, 9.17) is 4.74 Å². The highest BCUT2D eigenvalue weighted by Crippen LogP contribution is 2.37. The summed E-state index contributed by atoms with van der Waals surface area (Å²) in [6.45, 7) is 5.28. The van der Waals surface area contributed by atoms with E-state index in [0.29, 0.717) is 13.2 Å². The summed E-state index contributed by atoms with van der Waals surface area (Å²) in [6, 6.07) is 19.2. The normalized spacial score (nSPS) is 18.9. The third-order valence-electron chi connectivity index (χ3n) is 5.10. The third kappa shape index (κ3) is 2.87. The number of para-hydroxylation sites is 2. The Morgan fingerprint density at radius 3 is 2.12 bits per heavy atom. The van der Waals surface area contributed by atoms with Gasteiger partial charge in [0.15, 0.2) is 0 Å². The van der Waals surface area contributed by atoms with Gasteiger partial charge in [-0.1, -0.05) is 42.5 Å². The van der Waals surface area contributed by atoms with Crippen molar-refractivity contribution in [3.05, 3.63) is 60.2 Å². The maximum atomic E-state index is 9.74. The number of hydrogen-bond acceptors (Lipinski definition) is 4. The average Bonchev–Trinajstić information content (AvgIpc) is 2.61. The summed E-state index contributed by atoms with van der Waals surface area (Å²) >= 11 is 0. The molecule has 4 heteroatoms. The number of rotatable bonds is 5. The highest BCUT2D eigenvalue weighted by atomic mass is 16.5. The van der Waals surface area contributed by atoms with Crippen molar-refractivity contribution < 1.29 is 9.84 Å². The maximum Gasteiger partial charge on any atom is 0.0607 e. The van der Waals surface area contributed by atoms with Crippen LogP contribution in [0.5, 0.6) is 0 Å². The molecule has 1 N–H and O–H groups in total. The Kier molecular flexibility index (Phi) is 4.17. The Balaban J connectivity index is 1.56. The highest BCUT2D eigenvalue weighted by Gasteiger charge is 2.40. The van der Waals surface area contributed by atoms with Gasteiger partial charge in [-0.3, -0.25) is 0 Å². The minimum atomic E-state index is -0.0886. The molecule has 4 nitrogen and oxygen atoms in total. The van der Waals surface area contributed by atoms with Crippen molar-refractivity contribution in [3.8, 4) is 0 Å². The topological polar surface area (TPSA) is 35.9 Å². The number of ether oxygens (including phenoxy) is 1. The van der Waals surface area contributed by atoms with Crippen molar-refractivity contribution in [3.63, 3.8) is 0 Å². The lowest BCUT2D eigenvalue weighted by Gasteiger charge is -2.47. The first kappa shape index (κ1) is 15.5. The molecular weight excluding hydrogens is 300 g/mol. The fourth-order valence-corrected chi connectivity index (χ4v) is 3.64. The molecule has 0 saturated carbocycles. The van der Waals surface area contributed by atoms with Gasteiger partial charge >= 0.3 is 0 Å². The number of aliphatic hydroxyl groups excluding tert-OH is 1. The Labute approximate surface area is 143 Å². The van der Waals surface area contributed by atoms with Gasteiger partial charge in [0, 0.05) is 26.2 Å². The van der Waals surface area contributed by atoms with Crippen molar-refractivity contribution in [1.82, 2.24) is 0 Å². The lowest BCUT2D eigenvalue weighted by molar-refractivity contribution is -0.131. The van der Waals surface area contributed by atoms with Crippen LogP contribution in [0.4, 0.5) is 11.4 Å². The van der Waals surface area contributed by atoms with Gasteiger partial charge < -0.3 is 19.6 Å². The molecule has 0 atom stereocenters. The molecular formula is C20H24N2O2. The van der Waals surface area contributed by atoms with Gasteiger partial charge in [0.25, 0.3) is 0 Å². The first-order chi connectivity index (χ1) is 11.8. The standard InChI is InChI=1S/C20H24N2O2/c23-14-20(15-24-16-20)13-22-11-10-21(12-17-6-2-1-3-7-17)18-8-4-5-9-19(18)22/h1-9,23H,10-16H2. The van der Waals surface area contributed by atoms with Gasteiger partial charge in [-0.15, -0.1) is 0 Å². The highest BCUT2D eigenvalue weighted by molar-refractivity contribution is 5.73. The molecule has 0 spiro atoms. The summed E-state index contributed by atoms with van der Waals surface area (Å²) in [7, 11) is 0. The van der Waals surface area contributed by atoms with Crippen LogP contribution in [0.15, 0.2) is 54.6 Å². The zero-order valence-electron chi connectivity index (χ0n) is 13.9. The molecule has 2 aliphatic heterocycles. The quantitative estimate of drug-likeness (QED) is 0.917. The number of benzene rings is 2. The predicted molar refractivity (Wildman–Crippen MR) is 96.5 cm³/mol. The van der Waals surface area contributed by atoms with Crippen LogP contribution in [0, 0.1) is 5.41 Å². The summed E-state index contributed by atoms with van der Waals surface area (Å²) in [5.41, 5.74) is 3.79. The molecule has 0 unspecified atom stereocenters. The summed E-state index contributed by atoms with van der Waals surface area (Å²) in [5, 5.41) is 9.74. The van der Waals surface area contributed by atoms with Crippen molar-refractivity contribution in [2.24, 2.45) is 5.41 Å². The predicted octanol–water partition coefficient (Wildman–Crippen LogP) is 2.52. The molecule has 24 heavy (non-hydrogen) atoms. The number of aliphatic hydroxyl groups is 1. The molecule has 126 valence electrons. The van der Waals surface area contributed by atoms with Crippen LogP contribution in [0.2, 0.25) is 0 Å². The van der Waals surface area contributed by atoms with Crippen LogP contribution >= 0.6 is 0 Å². The van der Waals surface area contributed by atoms with E-state index in [9.17, 15) is 5.11 Å². The van der Waals surface area contributed by atoms with Gasteiger partial charge in [-0.05, 0) is 17.7 Å². The van der Waals surface area contributed by atoms with Crippen molar-refractivity contribution in [2.45, 2.75) is 6.54 Å². The van der Waals surface area contributed by atoms with E-state index < -0.39 is 0 Å². The zero-order chi connectivity index (χ0) is 16.4. The molecule has 0 amide bonds. The summed E-state index contributed by atoms with van der Waals surface area (Å²) in [6.07, 6.45) is 0. The molecule has 2 heterocycles. The Hall–Kier alpha value is -2.04. The summed E-state index contributed by atoms with van der Waals surface area (Å²) < 4.78 is 5.36. The fraction of sp³-hybridized carbons (Fsp3) is 0.400. The monoisotopic (exact) mass is 324 g/mol. The van der Waals surface area contributed by atoms with Crippen LogP contribution in [-0.4, -0.2) is 44.6 Å². The van der Waals surface area contributed by atoms with E-state index in [1.165, 1.54) is 16.9 Å². The van der Waals surface area contributed by atoms with E-state index in [0.717, 1.165) is 26.2 Å². The third-order valence-corrected chi connectivity index (χ3v) is 5.10. The minimum Gasteiger partial charge on any atom is -0.396 e. The number of nitrogens with zero attached hydrogens (tertiary/aromatic N) is 2. The van der Waals surface area contributed by atoms with E-state index in [1.807, 2.05) is 0 Å². The molecule has 0 radical (unpaired) electrons. The first-order valence-corrected chi connectivity index (χ1v) is 8.61. The van der Waals surface area contributed by atoms with Gasteiger partial charge in [-0.25, -0.2) is 0 Å². The zero-order valence-corrected chi connectivity index (χ0v) is 13.9. The van der Waals surface area contributed by atoms with Crippen molar-refractivity contribution in [2.75, 3.05) is 49.3 Å². The largest absolute Gasteiger partial charge is 0.396 e. The fourth-order valence-electron chi connectivity index (χ4n) is 3.64. The molecule has 4 rings (SSSR count). The van der Waals surface area contributed by atoms with Crippen LogP contribution in [0.3, 0.4) is 0 Å². The smallest absolute Gasteiger partial charge is 0.0607 e. The first-order valence-electron chi connectivity index (χ1n) is 8.61. The van der Waals surface area contributed by atoms with Crippen LogP contribution in [0.25, 0.3) is 0 Å². The SMILES string of the molecule is OCC1(CN2CCN(Cc3ccccc3)c3ccccc32)COC1. The Morgan fingerprint density at radius 1 is 0.875 bits per heavy atom. The van der Waals surface area contributed by atoms with Crippen molar-refractivity contribution in [1.29, 1.82) is 0 Å². The van der Waals surface area contributed by atoms with Gasteiger partial charge in [0.05, 0.1) is 36.6 Å². The van der Waals surface area contributed by atoms with Crippen LogP contribution in [0.1, 0.15) is 5.56 Å². The number of hydrogen-bond donors (Lipinski definition) is 1. The minimum absolute atomic E-state index is 0.0886. The summed E-state index contributed by atoms with van der Waals surface area (Å²) in [4.78, 5) is 4.86. The molecule has 2 aliphatic rings. The van der Waals surface area contributed by atoms with E-state index in [1.54, 1.807) is 0 Å². The molecule has 0 bridgehead atoms. The van der Waals surface area contributed by atoms with Crippen molar-refractivity contribution >= 4 is 11.4 Å². The lowest BCUT2D eigenvalue weighted by Crippen LogP contribution is -2.55.